The lowest BCUT2D eigenvalue weighted by Crippen LogP contribution is -2.29. The smallest absolute Gasteiger partial charge is 0.254 e. The number of rotatable bonds is 3. The Bertz CT molecular complexity index is 735. The number of benzene rings is 2. The highest BCUT2D eigenvalue weighted by Gasteiger charge is 2.20. The highest BCUT2D eigenvalue weighted by atomic mass is 19.2. The van der Waals surface area contributed by atoms with Gasteiger partial charge in [-0.25, -0.2) is 8.78 Å². The van der Waals surface area contributed by atoms with Crippen molar-refractivity contribution >= 4 is 5.91 Å². The van der Waals surface area contributed by atoms with Gasteiger partial charge in [0, 0.05) is 12.6 Å². The van der Waals surface area contributed by atoms with E-state index in [4.69, 9.17) is 5.26 Å². The molecule has 0 heterocycles. The quantitative estimate of drug-likeness (QED) is 0.868. The second kappa shape index (κ2) is 6.35. The molecule has 0 saturated carbocycles. The summed E-state index contributed by atoms with van der Waals surface area (Å²) >= 11 is 0. The topological polar surface area (TPSA) is 44.1 Å². The van der Waals surface area contributed by atoms with Gasteiger partial charge in [-0.2, -0.15) is 5.26 Å². The molecule has 2 aromatic rings. The van der Waals surface area contributed by atoms with Gasteiger partial charge in [-0.1, -0.05) is 6.07 Å². The van der Waals surface area contributed by atoms with Gasteiger partial charge in [0.15, 0.2) is 11.6 Å². The Kier molecular flexibility index (Phi) is 4.52. The minimum Gasteiger partial charge on any atom is -0.335 e. The number of carbonyl (C=O) groups is 1. The summed E-state index contributed by atoms with van der Waals surface area (Å²) in [7, 11) is 1.59. The first-order chi connectivity index (χ1) is 10.4. The third-order valence-corrected chi connectivity index (χ3v) is 3.59. The molecule has 0 saturated heterocycles. The fraction of sp³-hybridized carbons (Fsp3) is 0.176. The van der Waals surface area contributed by atoms with E-state index in [2.05, 4.69) is 0 Å². The third-order valence-electron chi connectivity index (χ3n) is 3.59. The molecule has 0 aromatic heterocycles. The number of nitriles is 1. The molecule has 2 aromatic carbocycles. The van der Waals surface area contributed by atoms with E-state index >= 15 is 0 Å². The lowest BCUT2D eigenvalue weighted by Gasteiger charge is -2.25. The van der Waals surface area contributed by atoms with E-state index in [1.165, 1.54) is 11.0 Å². The van der Waals surface area contributed by atoms with Crippen LogP contribution in [0, 0.1) is 23.0 Å². The Hall–Kier alpha value is -2.74. The first kappa shape index (κ1) is 15.6. The van der Waals surface area contributed by atoms with Gasteiger partial charge in [0.1, 0.15) is 0 Å². The summed E-state index contributed by atoms with van der Waals surface area (Å²) in [5.74, 6) is -2.12. The summed E-state index contributed by atoms with van der Waals surface area (Å²) in [6, 6.07) is 11.4. The van der Waals surface area contributed by atoms with Gasteiger partial charge in [-0.3, -0.25) is 4.79 Å². The molecule has 3 nitrogen and oxygen atoms in total. The summed E-state index contributed by atoms with van der Waals surface area (Å²) in [6.45, 7) is 1.73. The first-order valence-corrected chi connectivity index (χ1v) is 6.66. The van der Waals surface area contributed by atoms with Crippen LogP contribution in [-0.2, 0) is 0 Å². The number of carbonyl (C=O) groups excluding carboxylic acids is 1. The van der Waals surface area contributed by atoms with Gasteiger partial charge < -0.3 is 4.90 Å². The van der Waals surface area contributed by atoms with Crippen molar-refractivity contribution in [3.05, 3.63) is 70.8 Å². The minimum atomic E-state index is -0.941. The van der Waals surface area contributed by atoms with Gasteiger partial charge in [-0.05, 0) is 48.9 Å². The summed E-state index contributed by atoms with van der Waals surface area (Å²) in [4.78, 5) is 13.8. The van der Waals surface area contributed by atoms with Crippen LogP contribution in [0.5, 0.6) is 0 Å². The molecule has 0 aliphatic heterocycles. The lowest BCUT2D eigenvalue weighted by molar-refractivity contribution is 0.0742. The molecule has 0 fully saturated rings. The Morgan fingerprint density at radius 1 is 1.14 bits per heavy atom. The van der Waals surface area contributed by atoms with Crippen molar-refractivity contribution in [2.75, 3.05) is 7.05 Å². The van der Waals surface area contributed by atoms with Gasteiger partial charge in [0.05, 0.1) is 17.7 Å². The van der Waals surface area contributed by atoms with Crippen molar-refractivity contribution in [1.29, 1.82) is 5.26 Å². The average Bonchev–Trinajstić information content (AvgIpc) is 2.55. The maximum Gasteiger partial charge on any atom is 0.254 e. The molecule has 0 bridgehead atoms. The molecular formula is C17H14F2N2O. The van der Waals surface area contributed by atoms with E-state index in [1.54, 1.807) is 38.2 Å². The third kappa shape index (κ3) is 3.12. The standard InChI is InChI=1S/C17H14F2N2O/c1-11(14-7-8-15(18)16(19)9-14)21(2)17(22)13-5-3-12(10-20)4-6-13/h3-9,11H,1-2H3. The van der Waals surface area contributed by atoms with Crippen molar-refractivity contribution < 1.29 is 13.6 Å². The van der Waals surface area contributed by atoms with Crippen LogP contribution in [0.2, 0.25) is 0 Å². The summed E-state index contributed by atoms with van der Waals surface area (Å²) in [5, 5.41) is 8.75. The van der Waals surface area contributed by atoms with Crippen LogP contribution in [0.3, 0.4) is 0 Å². The van der Waals surface area contributed by atoms with Crippen molar-refractivity contribution in [2.24, 2.45) is 0 Å². The van der Waals surface area contributed by atoms with Crippen molar-refractivity contribution in [2.45, 2.75) is 13.0 Å². The number of halogens is 2. The molecular weight excluding hydrogens is 286 g/mol. The summed E-state index contributed by atoms with van der Waals surface area (Å²) in [5.41, 5.74) is 1.40. The molecule has 112 valence electrons. The predicted molar refractivity (Wildman–Crippen MR) is 78.0 cm³/mol. The first-order valence-electron chi connectivity index (χ1n) is 6.66. The SMILES string of the molecule is CC(c1ccc(F)c(F)c1)N(C)C(=O)c1ccc(C#N)cc1. The molecule has 1 unspecified atom stereocenters. The molecule has 22 heavy (non-hydrogen) atoms. The van der Waals surface area contributed by atoms with E-state index in [0.717, 1.165) is 12.1 Å². The second-order valence-corrected chi connectivity index (χ2v) is 4.95. The number of hydrogen-bond acceptors (Lipinski definition) is 2. The molecule has 0 aliphatic rings. The fourth-order valence-corrected chi connectivity index (χ4v) is 2.06. The van der Waals surface area contributed by atoms with Gasteiger partial charge in [0.25, 0.3) is 5.91 Å². The maximum absolute atomic E-state index is 13.3. The van der Waals surface area contributed by atoms with E-state index in [9.17, 15) is 13.6 Å². The van der Waals surface area contributed by atoms with Crippen molar-refractivity contribution in [3.8, 4) is 6.07 Å². The van der Waals surface area contributed by atoms with Crippen LogP contribution < -0.4 is 0 Å². The van der Waals surface area contributed by atoms with Crippen LogP contribution in [0.25, 0.3) is 0 Å². The maximum atomic E-state index is 13.3. The summed E-state index contributed by atoms with van der Waals surface area (Å²) in [6.07, 6.45) is 0. The lowest BCUT2D eigenvalue weighted by atomic mass is 10.1. The van der Waals surface area contributed by atoms with Crippen LogP contribution in [0.1, 0.15) is 34.5 Å². The fourth-order valence-electron chi connectivity index (χ4n) is 2.06. The monoisotopic (exact) mass is 300 g/mol. The van der Waals surface area contributed by atoms with Crippen LogP contribution in [0.15, 0.2) is 42.5 Å². The number of amides is 1. The van der Waals surface area contributed by atoms with Crippen LogP contribution in [-0.4, -0.2) is 17.9 Å². The van der Waals surface area contributed by atoms with Gasteiger partial charge in [0.2, 0.25) is 0 Å². The largest absolute Gasteiger partial charge is 0.335 e. The molecule has 0 aliphatic carbocycles. The Labute approximate surface area is 127 Å². The zero-order valence-electron chi connectivity index (χ0n) is 12.2. The van der Waals surface area contributed by atoms with E-state index in [1.807, 2.05) is 6.07 Å². The normalized spacial score (nSPS) is 11.6. The number of nitrogens with zero attached hydrogens (tertiary/aromatic N) is 2. The molecule has 5 heteroatoms. The Morgan fingerprint density at radius 3 is 2.32 bits per heavy atom. The van der Waals surface area contributed by atoms with Crippen molar-refractivity contribution in [1.82, 2.24) is 4.90 Å². The zero-order chi connectivity index (χ0) is 16.3. The van der Waals surface area contributed by atoms with E-state index in [-0.39, 0.29) is 5.91 Å². The molecule has 1 amide bonds. The van der Waals surface area contributed by atoms with Gasteiger partial charge in [-0.15, -0.1) is 0 Å². The number of hydrogen-bond donors (Lipinski definition) is 0. The molecule has 0 radical (unpaired) electrons. The minimum absolute atomic E-state index is 0.262. The Balaban J connectivity index is 2.21. The van der Waals surface area contributed by atoms with E-state index < -0.39 is 17.7 Å². The van der Waals surface area contributed by atoms with Gasteiger partial charge >= 0.3 is 0 Å². The molecule has 0 N–H and O–H groups in total. The predicted octanol–water partition coefficient (Wildman–Crippen LogP) is 3.67. The second-order valence-electron chi connectivity index (χ2n) is 4.95. The molecule has 0 spiro atoms. The van der Waals surface area contributed by atoms with E-state index in [0.29, 0.717) is 16.7 Å². The summed E-state index contributed by atoms with van der Waals surface area (Å²) < 4.78 is 26.3. The Morgan fingerprint density at radius 2 is 1.77 bits per heavy atom. The van der Waals surface area contributed by atoms with Crippen LogP contribution in [0.4, 0.5) is 8.78 Å². The van der Waals surface area contributed by atoms with Crippen LogP contribution >= 0.6 is 0 Å². The average molecular weight is 300 g/mol. The zero-order valence-corrected chi connectivity index (χ0v) is 12.2. The highest BCUT2D eigenvalue weighted by molar-refractivity contribution is 5.94. The molecule has 1 atom stereocenters. The molecule has 2 rings (SSSR count). The van der Waals surface area contributed by atoms with Crippen molar-refractivity contribution in [3.63, 3.8) is 0 Å². The highest BCUT2D eigenvalue weighted by Crippen LogP contribution is 2.22.